The highest BCUT2D eigenvalue weighted by atomic mass is 35.5. The van der Waals surface area contributed by atoms with Gasteiger partial charge in [-0.05, 0) is 6.92 Å². The van der Waals surface area contributed by atoms with E-state index < -0.39 is 0 Å². The lowest BCUT2D eigenvalue weighted by atomic mass is 10.0. The molecule has 0 aromatic carbocycles. The Labute approximate surface area is 48.6 Å². The van der Waals surface area contributed by atoms with Gasteiger partial charge < -0.3 is 4.74 Å². The molecule has 1 aliphatic heterocycles. The highest BCUT2D eigenvalue weighted by Crippen LogP contribution is 2.26. The van der Waals surface area contributed by atoms with Crippen LogP contribution in [0.3, 0.4) is 0 Å². The molecule has 1 saturated heterocycles. The lowest BCUT2D eigenvalue weighted by Gasteiger charge is -2.36. The number of ether oxygens (including phenoxy) is 1. The molecule has 0 amide bonds. The molecule has 0 spiro atoms. The van der Waals surface area contributed by atoms with Gasteiger partial charge in [0.05, 0.1) is 18.1 Å². The van der Waals surface area contributed by atoms with E-state index in [4.69, 9.17) is 16.3 Å². The Morgan fingerprint density at radius 3 is 2.43 bits per heavy atom. The summed E-state index contributed by atoms with van der Waals surface area (Å²) in [5.41, 5.74) is 0.0293. The predicted octanol–water partition coefficient (Wildman–Crippen LogP) is 1.40. The van der Waals surface area contributed by atoms with E-state index in [1.54, 1.807) is 0 Å². The van der Waals surface area contributed by atoms with Crippen molar-refractivity contribution in [3.63, 3.8) is 0 Å². The fraction of sp³-hybridized carbons (Fsp3) is 1.00. The van der Waals surface area contributed by atoms with Gasteiger partial charge in [0, 0.05) is 6.42 Å². The molecule has 1 aliphatic rings. The van der Waals surface area contributed by atoms with E-state index in [0.717, 1.165) is 13.0 Å². The van der Waals surface area contributed by atoms with Crippen LogP contribution in [0.2, 0.25) is 0 Å². The smallest absolute Gasteiger partial charge is 0.0811 e. The molecule has 0 aromatic heterocycles. The van der Waals surface area contributed by atoms with E-state index in [9.17, 15) is 0 Å². The van der Waals surface area contributed by atoms with Gasteiger partial charge in [-0.3, -0.25) is 0 Å². The molecule has 42 valence electrons. The van der Waals surface area contributed by atoms with Crippen LogP contribution in [0, 0.1) is 0 Å². The van der Waals surface area contributed by atoms with Crippen molar-refractivity contribution in [1.82, 2.24) is 0 Å². The number of hydrogen-bond donors (Lipinski definition) is 0. The maximum Gasteiger partial charge on any atom is 0.0811 e. The number of rotatable bonds is 1. The van der Waals surface area contributed by atoms with Crippen LogP contribution < -0.4 is 0 Å². The van der Waals surface area contributed by atoms with Crippen LogP contribution in [0.5, 0.6) is 0 Å². The van der Waals surface area contributed by atoms with E-state index in [-0.39, 0.29) is 5.60 Å². The SMILES string of the molecule is CC1(CCl)CCO1. The third-order valence-electron chi connectivity index (χ3n) is 1.36. The van der Waals surface area contributed by atoms with Crippen LogP contribution in [0.1, 0.15) is 13.3 Å². The molecule has 0 aliphatic carbocycles. The summed E-state index contributed by atoms with van der Waals surface area (Å²) in [6.45, 7) is 2.92. The molecule has 1 atom stereocenters. The Balaban J connectivity index is 2.29. The fourth-order valence-electron chi connectivity index (χ4n) is 0.556. The third-order valence-corrected chi connectivity index (χ3v) is 1.93. The van der Waals surface area contributed by atoms with Crippen molar-refractivity contribution in [1.29, 1.82) is 0 Å². The first-order chi connectivity index (χ1) is 3.27. The molecular weight excluding hydrogens is 112 g/mol. The van der Waals surface area contributed by atoms with Gasteiger partial charge in [-0.25, -0.2) is 0 Å². The molecule has 1 unspecified atom stereocenters. The first-order valence-electron chi connectivity index (χ1n) is 2.47. The van der Waals surface area contributed by atoms with Gasteiger partial charge in [0.15, 0.2) is 0 Å². The predicted molar refractivity (Wildman–Crippen MR) is 29.7 cm³/mol. The van der Waals surface area contributed by atoms with Crippen LogP contribution in [0.4, 0.5) is 0 Å². The molecule has 0 bridgehead atoms. The lowest BCUT2D eigenvalue weighted by molar-refractivity contribution is -0.117. The molecule has 1 nitrogen and oxygen atoms in total. The molecule has 0 aromatic rings. The Kier molecular flexibility index (Phi) is 1.26. The van der Waals surface area contributed by atoms with E-state index in [2.05, 4.69) is 0 Å². The zero-order chi connectivity index (χ0) is 5.33. The van der Waals surface area contributed by atoms with Crippen LogP contribution in [-0.4, -0.2) is 18.1 Å². The Morgan fingerprint density at radius 2 is 2.43 bits per heavy atom. The summed E-state index contributed by atoms with van der Waals surface area (Å²) in [5.74, 6) is 0.632. The van der Waals surface area contributed by atoms with Gasteiger partial charge >= 0.3 is 0 Å². The summed E-state index contributed by atoms with van der Waals surface area (Å²) in [6.07, 6.45) is 1.12. The average Bonchev–Trinajstić information content (AvgIpc) is 1.61. The standard InChI is InChI=1S/C5H9ClO/c1-5(4-6)2-3-7-5/h2-4H2,1H3. The van der Waals surface area contributed by atoms with Gasteiger partial charge in [-0.15, -0.1) is 11.6 Å². The van der Waals surface area contributed by atoms with Crippen molar-refractivity contribution >= 4 is 11.6 Å². The van der Waals surface area contributed by atoms with E-state index in [1.165, 1.54) is 0 Å². The van der Waals surface area contributed by atoms with E-state index in [1.807, 2.05) is 6.92 Å². The molecule has 0 saturated carbocycles. The van der Waals surface area contributed by atoms with Gasteiger partial charge in [0.2, 0.25) is 0 Å². The number of alkyl halides is 1. The van der Waals surface area contributed by atoms with Crippen molar-refractivity contribution in [2.45, 2.75) is 18.9 Å². The second-order valence-electron chi connectivity index (χ2n) is 2.18. The quantitative estimate of drug-likeness (QED) is 0.476. The minimum atomic E-state index is 0.0293. The molecule has 7 heavy (non-hydrogen) atoms. The first kappa shape index (κ1) is 5.39. The van der Waals surface area contributed by atoms with Crippen LogP contribution in [0.25, 0.3) is 0 Å². The van der Waals surface area contributed by atoms with Crippen molar-refractivity contribution in [3.8, 4) is 0 Å². The van der Waals surface area contributed by atoms with Gasteiger partial charge in [-0.1, -0.05) is 0 Å². The van der Waals surface area contributed by atoms with Gasteiger partial charge in [-0.2, -0.15) is 0 Å². The largest absolute Gasteiger partial charge is 0.374 e. The zero-order valence-electron chi connectivity index (χ0n) is 4.41. The maximum atomic E-state index is 5.52. The molecule has 1 rings (SSSR count). The van der Waals surface area contributed by atoms with Crippen LogP contribution in [-0.2, 0) is 4.74 Å². The van der Waals surface area contributed by atoms with Crippen LogP contribution >= 0.6 is 11.6 Å². The molecule has 1 heterocycles. The zero-order valence-corrected chi connectivity index (χ0v) is 5.16. The van der Waals surface area contributed by atoms with Gasteiger partial charge in [0.25, 0.3) is 0 Å². The highest BCUT2D eigenvalue weighted by molar-refractivity contribution is 6.18. The number of halogens is 1. The van der Waals surface area contributed by atoms with E-state index in [0.29, 0.717) is 5.88 Å². The molecule has 2 heteroatoms. The van der Waals surface area contributed by atoms with Crippen molar-refractivity contribution in [2.24, 2.45) is 0 Å². The average molecular weight is 121 g/mol. The first-order valence-corrected chi connectivity index (χ1v) is 3.00. The highest BCUT2D eigenvalue weighted by Gasteiger charge is 2.31. The molecule has 0 radical (unpaired) electrons. The Morgan fingerprint density at radius 1 is 1.86 bits per heavy atom. The second kappa shape index (κ2) is 1.64. The summed E-state index contributed by atoms with van der Waals surface area (Å²) in [5, 5.41) is 0. The van der Waals surface area contributed by atoms with Crippen molar-refractivity contribution in [3.05, 3.63) is 0 Å². The topological polar surface area (TPSA) is 9.23 Å². The molecule has 0 N–H and O–H groups in total. The summed E-state index contributed by atoms with van der Waals surface area (Å²) in [6, 6.07) is 0. The summed E-state index contributed by atoms with van der Waals surface area (Å²) in [7, 11) is 0. The third kappa shape index (κ3) is 0.892. The van der Waals surface area contributed by atoms with Crippen molar-refractivity contribution in [2.75, 3.05) is 12.5 Å². The van der Waals surface area contributed by atoms with E-state index >= 15 is 0 Å². The second-order valence-corrected chi connectivity index (χ2v) is 2.45. The summed E-state index contributed by atoms with van der Waals surface area (Å²) >= 11 is 5.52. The lowest BCUT2D eigenvalue weighted by Crippen LogP contribution is -2.42. The molecular formula is C5H9ClO. The van der Waals surface area contributed by atoms with Crippen molar-refractivity contribution < 1.29 is 4.74 Å². The minimum Gasteiger partial charge on any atom is -0.374 e. The molecule has 1 fully saturated rings. The maximum absolute atomic E-state index is 5.52. The Hall–Kier alpha value is 0.250. The summed E-state index contributed by atoms with van der Waals surface area (Å²) < 4.78 is 5.14. The summed E-state index contributed by atoms with van der Waals surface area (Å²) in [4.78, 5) is 0. The van der Waals surface area contributed by atoms with Gasteiger partial charge in [0.1, 0.15) is 0 Å². The monoisotopic (exact) mass is 120 g/mol. The Bertz CT molecular complexity index is 63.0. The normalized spacial score (nSPS) is 40.3. The van der Waals surface area contributed by atoms with Crippen LogP contribution in [0.15, 0.2) is 0 Å². The fourth-order valence-corrected chi connectivity index (χ4v) is 0.767. The minimum absolute atomic E-state index is 0.0293. The number of hydrogen-bond acceptors (Lipinski definition) is 1.